The van der Waals surface area contributed by atoms with Crippen LogP contribution in [-0.2, 0) is 12.8 Å². The quantitative estimate of drug-likeness (QED) is 0.168. The van der Waals surface area contributed by atoms with Gasteiger partial charge < -0.3 is 0 Å². The summed E-state index contributed by atoms with van der Waals surface area (Å²) in [5.74, 6) is 0.0659. The van der Waals surface area contributed by atoms with Gasteiger partial charge in [-0.15, -0.1) is 0 Å². The van der Waals surface area contributed by atoms with Crippen molar-refractivity contribution in [2.24, 2.45) is 0 Å². The molecule has 0 N–H and O–H groups in total. The number of halogens is 4. The predicted octanol–water partition coefficient (Wildman–Crippen LogP) is 9.11. The molecule has 6 rings (SSSR count). The Kier molecular flexibility index (Phi) is 5.10. The van der Waals surface area contributed by atoms with Crippen molar-refractivity contribution >= 4 is 69.5 Å². The second-order valence-electron chi connectivity index (χ2n) is 8.18. The van der Waals surface area contributed by atoms with Gasteiger partial charge in [0.15, 0.2) is 5.78 Å². The van der Waals surface area contributed by atoms with Crippen LogP contribution in [0.2, 0.25) is 0 Å². The molecule has 0 atom stereocenters. The topological polar surface area (TPSA) is 17.1 Å². The summed E-state index contributed by atoms with van der Waals surface area (Å²) in [4.78, 5) is 14.2. The molecule has 32 heavy (non-hydrogen) atoms. The van der Waals surface area contributed by atoms with Crippen molar-refractivity contribution in [3.05, 3.63) is 112 Å². The third-order valence-corrected chi connectivity index (χ3v) is 8.74. The second kappa shape index (κ2) is 7.76. The molecule has 0 bridgehead atoms. The van der Waals surface area contributed by atoms with Gasteiger partial charge >= 0.3 is 0 Å². The molecular formula is C27H14Br4O. The van der Waals surface area contributed by atoms with Gasteiger partial charge in [-0.2, -0.15) is 0 Å². The fraction of sp³-hybridized carbons (Fsp3) is 0.0741. The Balaban J connectivity index is 1.53. The molecule has 156 valence electrons. The van der Waals surface area contributed by atoms with E-state index in [1.54, 1.807) is 0 Å². The maximum atomic E-state index is 14.2. The van der Waals surface area contributed by atoms with Gasteiger partial charge in [0.05, 0.1) is 0 Å². The fourth-order valence-corrected chi connectivity index (χ4v) is 6.97. The molecule has 4 aromatic rings. The van der Waals surface area contributed by atoms with E-state index in [1.165, 1.54) is 22.3 Å². The molecule has 0 amide bonds. The van der Waals surface area contributed by atoms with Crippen molar-refractivity contribution in [1.82, 2.24) is 0 Å². The number of carbonyl (C=O) groups is 1. The van der Waals surface area contributed by atoms with Crippen LogP contribution in [0, 0.1) is 0 Å². The Morgan fingerprint density at radius 1 is 0.562 bits per heavy atom. The molecule has 1 nitrogen and oxygen atoms in total. The van der Waals surface area contributed by atoms with Crippen molar-refractivity contribution in [3.63, 3.8) is 0 Å². The highest BCUT2D eigenvalue weighted by Gasteiger charge is 2.31. The lowest BCUT2D eigenvalue weighted by molar-refractivity contribution is 0.103. The summed E-state index contributed by atoms with van der Waals surface area (Å²) in [6.07, 6.45) is 1.51. The number of ketones is 1. The van der Waals surface area contributed by atoms with Gasteiger partial charge in [0, 0.05) is 29.0 Å². The molecule has 0 saturated carbocycles. The van der Waals surface area contributed by atoms with E-state index in [-0.39, 0.29) is 5.78 Å². The molecular weight excluding hydrogens is 660 g/mol. The van der Waals surface area contributed by atoms with Crippen LogP contribution < -0.4 is 0 Å². The Morgan fingerprint density at radius 2 is 0.969 bits per heavy atom. The summed E-state index contributed by atoms with van der Waals surface area (Å²) in [6, 6.07) is 21.0. The summed E-state index contributed by atoms with van der Waals surface area (Å²) in [5, 5.41) is 0. The summed E-state index contributed by atoms with van der Waals surface area (Å²) in [5.41, 5.74) is 10.9. The van der Waals surface area contributed by atoms with Gasteiger partial charge in [-0.05, 0) is 93.7 Å². The molecule has 4 aromatic carbocycles. The molecule has 2 aliphatic rings. The molecule has 5 heteroatoms. The number of hydrogen-bond donors (Lipinski definition) is 0. The normalized spacial score (nSPS) is 12.9. The van der Waals surface area contributed by atoms with Crippen molar-refractivity contribution in [3.8, 4) is 22.3 Å². The zero-order valence-electron chi connectivity index (χ0n) is 16.6. The van der Waals surface area contributed by atoms with Gasteiger partial charge in [-0.25, -0.2) is 0 Å². The Morgan fingerprint density at radius 3 is 1.41 bits per heavy atom. The smallest absolute Gasteiger partial charge is 0.195 e. The zero-order valence-corrected chi connectivity index (χ0v) is 23.0. The van der Waals surface area contributed by atoms with Crippen molar-refractivity contribution < 1.29 is 4.79 Å². The van der Waals surface area contributed by atoms with E-state index >= 15 is 0 Å². The monoisotopic (exact) mass is 670 g/mol. The molecule has 0 aromatic heterocycles. The Hall–Kier alpha value is -1.53. The first kappa shape index (κ1) is 21.0. The van der Waals surface area contributed by atoms with Crippen LogP contribution in [0.1, 0.15) is 38.2 Å². The first-order valence-electron chi connectivity index (χ1n) is 10.2. The number of carbonyl (C=O) groups excluding carboxylic acids is 1. The van der Waals surface area contributed by atoms with Crippen LogP contribution >= 0.6 is 63.7 Å². The van der Waals surface area contributed by atoms with Gasteiger partial charge in [0.2, 0.25) is 0 Å². The van der Waals surface area contributed by atoms with E-state index in [9.17, 15) is 4.79 Å². The van der Waals surface area contributed by atoms with Crippen LogP contribution in [0.4, 0.5) is 0 Å². The minimum Gasteiger partial charge on any atom is -0.289 e. The van der Waals surface area contributed by atoms with E-state index in [1.807, 2.05) is 12.1 Å². The average molecular weight is 674 g/mol. The molecule has 2 aliphatic carbocycles. The molecule has 0 aliphatic heterocycles. The van der Waals surface area contributed by atoms with Crippen LogP contribution in [0.25, 0.3) is 22.3 Å². The minimum atomic E-state index is 0.0659. The first-order chi connectivity index (χ1) is 15.4. The summed E-state index contributed by atoms with van der Waals surface area (Å²) in [6.45, 7) is 0. The number of rotatable bonds is 2. The highest BCUT2D eigenvalue weighted by atomic mass is 79.9. The van der Waals surface area contributed by atoms with Crippen LogP contribution in [-0.4, -0.2) is 5.78 Å². The third kappa shape index (κ3) is 3.16. The highest BCUT2D eigenvalue weighted by Crippen LogP contribution is 2.45. The van der Waals surface area contributed by atoms with Crippen LogP contribution in [0.15, 0.2) is 78.6 Å². The standard InChI is InChI=1S/C27H14Br4O/c28-15-1-3-17-13(9-15)11-21-19(17)5-7-23(30)25(21)27(32)26-22-12-14-10-16(29)2-4-18(14)20(22)6-8-24(26)31/h1-10H,11-12H2. The van der Waals surface area contributed by atoms with Crippen molar-refractivity contribution in [2.45, 2.75) is 12.8 Å². The largest absolute Gasteiger partial charge is 0.289 e. The van der Waals surface area contributed by atoms with Crippen molar-refractivity contribution in [2.75, 3.05) is 0 Å². The fourth-order valence-electron chi connectivity index (χ4n) is 5.05. The number of fused-ring (bicyclic) bond motifs is 6. The van der Waals surface area contributed by atoms with E-state index in [2.05, 4.69) is 112 Å². The van der Waals surface area contributed by atoms with Crippen LogP contribution in [0.3, 0.4) is 0 Å². The molecule has 0 heterocycles. The third-order valence-electron chi connectivity index (χ3n) is 6.43. The van der Waals surface area contributed by atoms with Crippen LogP contribution in [0.5, 0.6) is 0 Å². The van der Waals surface area contributed by atoms with Gasteiger partial charge in [-0.1, -0.05) is 88.0 Å². The first-order valence-corrected chi connectivity index (χ1v) is 13.3. The highest BCUT2D eigenvalue weighted by molar-refractivity contribution is 9.11. The molecule has 0 unspecified atom stereocenters. The number of hydrogen-bond acceptors (Lipinski definition) is 1. The molecule has 0 fully saturated rings. The van der Waals surface area contributed by atoms with E-state index in [0.29, 0.717) is 0 Å². The molecule has 0 spiro atoms. The maximum Gasteiger partial charge on any atom is 0.195 e. The van der Waals surface area contributed by atoms with Gasteiger partial charge in [0.25, 0.3) is 0 Å². The maximum absolute atomic E-state index is 14.2. The Bertz CT molecular complexity index is 1370. The SMILES string of the molecule is O=C(c1c(Br)ccc2c1Cc1cc(Br)ccc1-2)c1c(Br)ccc2c1Cc1cc(Br)ccc1-2. The van der Waals surface area contributed by atoms with E-state index in [4.69, 9.17) is 0 Å². The van der Waals surface area contributed by atoms with E-state index in [0.717, 1.165) is 64.1 Å². The van der Waals surface area contributed by atoms with Crippen molar-refractivity contribution in [1.29, 1.82) is 0 Å². The Labute approximate surface area is 219 Å². The van der Waals surface area contributed by atoms with Gasteiger partial charge in [-0.3, -0.25) is 4.79 Å². The summed E-state index contributed by atoms with van der Waals surface area (Å²) < 4.78 is 3.80. The lowest BCUT2D eigenvalue weighted by Gasteiger charge is -2.15. The number of benzene rings is 4. The lowest BCUT2D eigenvalue weighted by atomic mass is 9.91. The summed E-state index contributed by atoms with van der Waals surface area (Å²) in [7, 11) is 0. The predicted molar refractivity (Wildman–Crippen MR) is 144 cm³/mol. The minimum absolute atomic E-state index is 0.0659. The second-order valence-corrected chi connectivity index (χ2v) is 11.7. The van der Waals surface area contributed by atoms with E-state index < -0.39 is 0 Å². The lowest BCUT2D eigenvalue weighted by Crippen LogP contribution is -2.10. The molecule has 0 saturated heterocycles. The zero-order chi connectivity index (χ0) is 22.1. The average Bonchev–Trinajstić information content (AvgIpc) is 3.29. The molecule has 0 radical (unpaired) electrons. The summed E-state index contributed by atoms with van der Waals surface area (Å²) >= 11 is 14.6. The van der Waals surface area contributed by atoms with Gasteiger partial charge in [0.1, 0.15) is 0 Å².